The third kappa shape index (κ3) is 6.74. The maximum Gasteiger partial charge on any atom is 0.191 e. The highest BCUT2D eigenvalue weighted by Gasteiger charge is 2.17. The van der Waals surface area contributed by atoms with Gasteiger partial charge in [0.25, 0.3) is 0 Å². The number of rotatable bonds is 9. The summed E-state index contributed by atoms with van der Waals surface area (Å²) >= 11 is 0. The molecule has 1 atom stereocenters. The van der Waals surface area contributed by atoms with E-state index >= 15 is 0 Å². The quantitative estimate of drug-likeness (QED) is 0.305. The summed E-state index contributed by atoms with van der Waals surface area (Å²) in [5.41, 5.74) is 3.66. The molecule has 7 nitrogen and oxygen atoms in total. The Kier molecular flexibility index (Phi) is 9.99. The lowest BCUT2D eigenvalue weighted by Gasteiger charge is -2.15. The number of furan rings is 1. The second-order valence-electron chi connectivity index (χ2n) is 7.23. The molecule has 2 aromatic rings. The Morgan fingerprint density at radius 1 is 1.31 bits per heavy atom. The number of halogens is 1. The maximum absolute atomic E-state index is 5.49. The lowest BCUT2D eigenvalue weighted by Crippen LogP contribution is -2.41. The molecule has 1 saturated heterocycles. The predicted molar refractivity (Wildman–Crippen MR) is 126 cm³/mol. The van der Waals surface area contributed by atoms with Crippen LogP contribution in [0.2, 0.25) is 0 Å². The summed E-state index contributed by atoms with van der Waals surface area (Å²) in [5.74, 6) is 2.36. The van der Waals surface area contributed by atoms with E-state index in [1.807, 2.05) is 23.9 Å². The largest absolute Gasteiger partial charge is 0.469 e. The number of nitrogens with one attached hydrogen (secondary N) is 2. The van der Waals surface area contributed by atoms with Gasteiger partial charge in [-0.3, -0.25) is 4.68 Å². The normalized spacial score (nSPS) is 16.7. The molecule has 3 heterocycles. The van der Waals surface area contributed by atoms with Gasteiger partial charge >= 0.3 is 0 Å². The van der Waals surface area contributed by atoms with Crippen molar-refractivity contribution in [1.29, 1.82) is 0 Å². The topological polar surface area (TPSA) is 76.6 Å². The number of nitrogens with zero attached hydrogens (tertiary/aromatic N) is 3. The van der Waals surface area contributed by atoms with E-state index in [0.717, 1.165) is 69.4 Å². The summed E-state index contributed by atoms with van der Waals surface area (Å²) in [4.78, 5) is 4.87. The number of guanidine groups is 1. The van der Waals surface area contributed by atoms with Gasteiger partial charge in [0.05, 0.1) is 25.1 Å². The van der Waals surface area contributed by atoms with Crippen molar-refractivity contribution in [2.24, 2.45) is 18.0 Å². The minimum Gasteiger partial charge on any atom is -0.469 e. The highest BCUT2D eigenvalue weighted by molar-refractivity contribution is 14.0. The van der Waals surface area contributed by atoms with E-state index in [9.17, 15) is 0 Å². The molecule has 162 valence electrons. The van der Waals surface area contributed by atoms with Crippen LogP contribution in [-0.4, -0.2) is 42.0 Å². The van der Waals surface area contributed by atoms with Crippen LogP contribution in [0.1, 0.15) is 43.0 Å². The minimum absolute atomic E-state index is 0. The zero-order valence-corrected chi connectivity index (χ0v) is 20.1. The van der Waals surface area contributed by atoms with Gasteiger partial charge in [0.15, 0.2) is 5.96 Å². The Hall–Kier alpha value is -1.55. The summed E-state index contributed by atoms with van der Waals surface area (Å²) in [6.07, 6.45) is 5.53. The number of aryl methyl sites for hydroxylation is 2. The third-order valence-corrected chi connectivity index (χ3v) is 5.25. The van der Waals surface area contributed by atoms with Gasteiger partial charge in [0.2, 0.25) is 0 Å². The minimum atomic E-state index is 0. The van der Waals surface area contributed by atoms with Crippen molar-refractivity contribution in [3.8, 4) is 0 Å². The van der Waals surface area contributed by atoms with E-state index in [-0.39, 0.29) is 24.0 Å². The van der Waals surface area contributed by atoms with Crippen molar-refractivity contribution in [1.82, 2.24) is 20.4 Å². The Morgan fingerprint density at radius 3 is 2.83 bits per heavy atom. The Bertz CT molecular complexity index is 751. The fourth-order valence-corrected chi connectivity index (χ4v) is 3.65. The molecular weight excluding hydrogens is 481 g/mol. The standard InChI is InChI=1S/C21H33N5O2.HI/c1-4-19-18(20(5-2)26(3)25-19)14-24-21(23-13-16-9-12-27-15-16)22-10-8-17-7-6-11-28-17;/h6-7,11,16H,4-5,8-10,12-15H2,1-3H3,(H2,22,23,24);1H. The van der Waals surface area contributed by atoms with Gasteiger partial charge in [-0.05, 0) is 31.4 Å². The molecule has 2 N–H and O–H groups in total. The number of aliphatic imine (C=N–C) groups is 1. The smallest absolute Gasteiger partial charge is 0.191 e. The molecule has 0 spiro atoms. The van der Waals surface area contributed by atoms with Crippen LogP contribution in [0.3, 0.4) is 0 Å². The van der Waals surface area contributed by atoms with Crippen molar-refractivity contribution in [2.75, 3.05) is 26.3 Å². The van der Waals surface area contributed by atoms with E-state index in [2.05, 4.69) is 29.6 Å². The van der Waals surface area contributed by atoms with Crippen LogP contribution in [0.5, 0.6) is 0 Å². The van der Waals surface area contributed by atoms with Crippen molar-refractivity contribution in [3.63, 3.8) is 0 Å². The molecule has 2 aromatic heterocycles. The van der Waals surface area contributed by atoms with Crippen LogP contribution >= 0.6 is 24.0 Å². The molecule has 0 aliphatic carbocycles. The summed E-state index contributed by atoms with van der Waals surface area (Å²) in [5, 5.41) is 11.6. The highest BCUT2D eigenvalue weighted by atomic mass is 127. The summed E-state index contributed by atoms with van der Waals surface area (Å²) in [7, 11) is 2.02. The summed E-state index contributed by atoms with van der Waals surface area (Å²) < 4.78 is 12.9. The molecule has 0 amide bonds. The molecule has 1 aliphatic heterocycles. The number of aromatic nitrogens is 2. The lowest BCUT2D eigenvalue weighted by atomic mass is 10.1. The first-order valence-electron chi connectivity index (χ1n) is 10.4. The molecular formula is C21H34IN5O2. The Balaban J connectivity index is 0.00000300. The van der Waals surface area contributed by atoms with Crippen molar-refractivity contribution >= 4 is 29.9 Å². The molecule has 0 aromatic carbocycles. The van der Waals surface area contributed by atoms with Gasteiger partial charge in [-0.25, -0.2) is 4.99 Å². The first kappa shape index (κ1) is 23.7. The summed E-state index contributed by atoms with van der Waals surface area (Å²) in [6.45, 7) is 8.29. The zero-order chi connectivity index (χ0) is 19.8. The van der Waals surface area contributed by atoms with Gasteiger partial charge in [0, 0.05) is 50.3 Å². The van der Waals surface area contributed by atoms with Crippen molar-refractivity contribution < 1.29 is 9.15 Å². The monoisotopic (exact) mass is 515 g/mol. The van der Waals surface area contributed by atoms with Crippen LogP contribution in [-0.2, 0) is 37.6 Å². The van der Waals surface area contributed by atoms with Crippen LogP contribution in [0.4, 0.5) is 0 Å². The molecule has 0 radical (unpaired) electrons. The third-order valence-electron chi connectivity index (χ3n) is 5.25. The number of hydrogen-bond donors (Lipinski definition) is 2. The van der Waals surface area contributed by atoms with E-state index in [1.54, 1.807) is 6.26 Å². The fourth-order valence-electron chi connectivity index (χ4n) is 3.65. The van der Waals surface area contributed by atoms with Crippen LogP contribution in [0, 0.1) is 5.92 Å². The first-order chi connectivity index (χ1) is 13.7. The van der Waals surface area contributed by atoms with E-state index in [1.165, 1.54) is 11.3 Å². The molecule has 29 heavy (non-hydrogen) atoms. The molecule has 0 bridgehead atoms. The Morgan fingerprint density at radius 2 is 2.17 bits per heavy atom. The summed E-state index contributed by atoms with van der Waals surface area (Å²) in [6, 6.07) is 3.92. The average Bonchev–Trinajstić information content (AvgIpc) is 3.45. The molecule has 3 rings (SSSR count). The first-order valence-corrected chi connectivity index (χ1v) is 10.4. The van der Waals surface area contributed by atoms with Gasteiger partial charge in [0.1, 0.15) is 5.76 Å². The predicted octanol–water partition coefficient (Wildman–Crippen LogP) is 3.07. The molecule has 1 aliphatic rings. The average molecular weight is 515 g/mol. The van der Waals surface area contributed by atoms with E-state index in [4.69, 9.17) is 14.1 Å². The molecule has 1 fully saturated rings. The fraction of sp³-hybridized carbons (Fsp3) is 0.619. The SMILES string of the molecule is CCc1nn(C)c(CC)c1CN=C(NCCc1ccco1)NCC1CCOC1.I. The molecule has 0 saturated carbocycles. The van der Waals surface area contributed by atoms with Crippen molar-refractivity contribution in [3.05, 3.63) is 41.1 Å². The second kappa shape index (κ2) is 12.2. The van der Waals surface area contributed by atoms with Crippen LogP contribution in [0.15, 0.2) is 27.8 Å². The zero-order valence-electron chi connectivity index (χ0n) is 17.7. The maximum atomic E-state index is 5.49. The second-order valence-corrected chi connectivity index (χ2v) is 7.23. The van der Waals surface area contributed by atoms with Crippen LogP contribution in [0.25, 0.3) is 0 Å². The Labute approximate surface area is 190 Å². The van der Waals surface area contributed by atoms with Gasteiger partial charge in [-0.1, -0.05) is 13.8 Å². The molecule has 8 heteroatoms. The van der Waals surface area contributed by atoms with Crippen LogP contribution < -0.4 is 10.6 Å². The van der Waals surface area contributed by atoms with Gasteiger partial charge in [-0.2, -0.15) is 5.10 Å². The van der Waals surface area contributed by atoms with Gasteiger partial charge < -0.3 is 19.8 Å². The van der Waals surface area contributed by atoms with Crippen molar-refractivity contribution in [2.45, 2.75) is 46.1 Å². The number of hydrogen-bond acceptors (Lipinski definition) is 4. The number of ether oxygens (including phenoxy) is 1. The highest BCUT2D eigenvalue weighted by Crippen LogP contribution is 2.16. The lowest BCUT2D eigenvalue weighted by molar-refractivity contribution is 0.186. The van der Waals surface area contributed by atoms with Gasteiger partial charge in [-0.15, -0.1) is 24.0 Å². The van der Waals surface area contributed by atoms with E-state index in [0.29, 0.717) is 12.5 Å². The van der Waals surface area contributed by atoms with E-state index < -0.39 is 0 Å². The molecule has 1 unspecified atom stereocenters.